The predicted octanol–water partition coefficient (Wildman–Crippen LogP) is 5.72. The van der Waals surface area contributed by atoms with E-state index in [-0.39, 0.29) is 11.9 Å². The molecule has 0 unspecified atom stereocenters. The Kier molecular flexibility index (Phi) is 5.21. The van der Waals surface area contributed by atoms with Crippen molar-refractivity contribution < 1.29 is 13.3 Å². The van der Waals surface area contributed by atoms with Crippen molar-refractivity contribution in [3.8, 4) is 34.1 Å². The molecule has 0 spiro atoms. The van der Waals surface area contributed by atoms with Gasteiger partial charge in [0.25, 0.3) is 5.89 Å². The lowest BCUT2D eigenvalue weighted by Gasteiger charge is -2.08. The zero-order chi connectivity index (χ0) is 23.1. The third kappa shape index (κ3) is 3.79. The van der Waals surface area contributed by atoms with Crippen molar-refractivity contribution in [2.75, 3.05) is 0 Å². The zero-order valence-corrected chi connectivity index (χ0v) is 19.0. The van der Waals surface area contributed by atoms with Gasteiger partial charge in [-0.25, -0.2) is 4.39 Å². The van der Waals surface area contributed by atoms with Crippen LogP contribution in [-0.4, -0.2) is 30.1 Å². The van der Waals surface area contributed by atoms with Gasteiger partial charge in [0.15, 0.2) is 11.0 Å². The molecule has 170 valence electrons. The van der Waals surface area contributed by atoms with Gasteiger partial charge in [-0.05, 0) is 31.9 Å². The molecule has 3 aromatic heterocycles. The van der Waals surface area contributed by atoms with Crippen molar-refractivity contribution in [1.29, 1.82) is 0 Å². The van der Waals surface area contributed by atoms with Crippen LogP contribution in [0.4, 0.5) is 4.39 Å². The molecule has 0 aliphatic heterocycles. The number of thioether (sulfide) groups is 1. The van der Waals surface area contributed by atoms with Gasteiger partial charge in [-0.15, -0.1) is 20.4 Å². The quantitative estimate of drug-likeness (QED) is 0.276. The van der Waals surface area contributed by atoms with Crippen molar-refractivity contribution >= 4 is 11.8 Å². The van der Waals surface area contributed by atoms with E-state index < -0.39 is 0 Å². The number of hydrogen-bond acceptors (Lipinski definition) is 8. The first-order valence-corrected chi connectivity index (χ1v) is 11.8. The van der Waals surface area contributed by atoms with Crippen molar-refractivity contribution in [2.24, 2.45) is 0 Å². The topological polar surface area (TPSA) is 95.7 Å². The smallest absolute Gasteiger partial charge is 0.253 e. The minimum Gasteiger partial charge on any atom is -0.420 e. The summed E-state index contributed by atoms with van der Waals surface area (Å²) in [4.78, 5) is 0. The number of aryl methyl sites for hydroxylation is 1. The zero-order valence-electron chi connectivity index (χ0n) is 18.2. The van der Waals surface area contributed by atoms with Gasteiger partial charge >= 0.3 is 0 Å². The molecule has 3 heterocycles. The summed E-state index contributed by atoms with van der Waals surface area (Å²) in [5, 5.41) is 21.9. The molecule has 5 aromatic rings. The average molecular weight is 475 g/mol. The molecule has 0 saturated heterocycles. The fourth-order valence-corrected chi connectivity index (χ4v) is 4.66. The summed E-state index contributed by atoms with van der Waals surface area (Å²) >= 11 is 1.44. The minimum absolute atomic E-state index is 0.276. The van der Waals surface area contributed by atoms with Crippen molar-refractivity contribution in [2.45, 2.75) is 36.7 Å². The number of nitrogens with zero attached hydrogens (tertiary/aromatic N) is 6. The van der Waals surface area contributed by atoms with Crippen LogP contribution in [0.3, 0.4) is 0 Å². The standard InChI is InChI=1S/C24H19FN6O2S/c1-14-20(21(30-33-14)15-7-3-2-4-8-15)23-28-26-19(32-23)13-34-24-29-27-22(31(24)16-11-12-16)17-9-5-6-10-18(17)25/h2-10,16H,11-13H2,1H3. The summed E-state index contributed by atoms with van der Waals surface area (Å²) in [5.41, 5.74) is 2.69. The second kappa shape index (κ2) is 8.53. The summed E-state index contributed by atoms with van der Waals surface area (Å²) in [5.74, 6) is 2.03. The van der Waals surface area contributed by atoms with E-state index in [1.807, 2.05) is 41.8 Å². The van der Waals surface area contributed by atoms with E-state index in [4.69, 9.17) is 8.94 Å². The number of aromatic nitrogens is 6. The van der Waals surface area contributed by atoms with E-state index in [0.717, 1.165) is 18.4 Å². The molecule has 1 aliphatic carbocycles. The molecule has 0 amide bonds. The summed E-state index contributed by atoms with van der Waals surface area (Å²) in [6.45, 7) is 1.82. The molecule has 1 fully saturated rings. The fourth-order valence-electron chi connectivity index (χ4n) is 3.82. The van der Waals surface area contributed by atoms with Gasteiger partial charge in [0, 0.05) is 11.6 Å². The fraction of sp³-hybridized carbons (Fsp3) is 0.208. The van der Waals surface area contributed by atoms with Crippen LogP contribution in [0.25, 0.3) is 34.1 Å². The second-order valence-corrected chi connectivity index (χ2v) is 8.95. The minimum atomic E-state index is -0.312. The summed E-state index contributed by atoms with van der Waals surface area (Å²) in [6, 6.07) is 16.6. The van der Waals surface area contributed by atoms with E-state index in [1.54, 1.807) is 18.2 Å². The molecule has 2 aromatic carbocycles. The van der Waals surface area contributed by atoms with Gasteiger partial charge in [0.2, 0.25) is 5.89 Å². The highest BCUT2D eigenvalue weighted by molar-refractivity contribution is 7.98. The van der Waals surface area contributed by atoms with Crippen LogP contribution in [0, 0.1) is 12.7 Å². The van der Waals surface area contributed by atoms with Gasteiger partial charge in [0.05, 0.1) is 11.3 Å². The Balaban J connectivity index is 1.26. The summed E-state index contributed by atoms with van der Waals surface area (Å²) < 4.78 is 27.8. The third-order valence-electron chi connectivity index (χ3n) is 5.61. The summed E-state index contributed by atoms with van der Waals surface area (Å²) in [6.07, 6.45) is 2.04. The molecule has 1 aliphatic rings. The first kappa shape index (κ1) is 20.8. The molecule has 10 heteroatoms. The van der Waals surface area contributed by atoms with Crippen LogP contribution in [0.15, 0.2) is 68.7 Å². The van der Waals surface area contributed by atoms with E-state index in [0.29, 0.717) is 51.1 Å². The molecule has 6 rings (SSSR count). The van der Waals surface area contributed by atoms with Crippen LogP contribution in [0.2, 0.25) is 0 Å². The monoisotopic (exact) mass is 474 g/mol. The first-order valence-electron chi connectivity index (χ1n) is 10.9. The van der Waals surface area contributed by atoms with Gasteiger partial charge in [-0.3, -0.25) is 4.57 Å². The van der Waals surface area contributed by atoms with Crippen LogP contribution in [-0.2, 0) is 5.75 Å². The maximum Gasteiger partial charge on any atom is 0.253 e. The van der Waals surface area contributed by atoms with Crippen LogP contribution in [0.1, 0.15) is 30.5 Å². The molecule has 8 nitrogen and oxygen atoms in total. The Bertz CT molecular complexity index is 1460. The Morgan fingerprint density at radius 2 is 1.79 bits per heavy atom. The van der Waals surface area contributed by atoms with Gasteiger partial charge in [0.1, 0.15) is 22.8 Å². The maximum atomic E-state index is 14.4. The summed E-state index contributed by atoms with van der Waals surface area (Å²) in [7, 11) is 0. The highest BCUT2D eigenvalue weighted by atomic mass is 32.2. The number of benzene rings is 2. The molecule has 0 N–H and O–H groups in total. The SMILES string of the molecule is Cc1onc(-c2ccccc2)c1-c1nnc(CSc2nnc(-c3ccccc3F)n2C2CC2)o1. The first-order chi connectivity index (χ1) is 16.7. The molecular formula is C24H19FN6O2S. The van der Waals surface area contributed by atoms with Crippen molar-refractivity contribution in [3.63, 3.8) is 0 Å². The van der Waals surface area contributed by atoms with Crippen LogP contribution >= 0.6 is 11.8 Å². The molecule has 0 bridgehead atoms. The molecule has 0 radical (unpaired) electrons. The number of hydrogen-bond donors (Lipinski definition) is 0. The van der Waals surface area contributed by atoms with Crippen molar-refractivity contribution in [1.82, 2.24) is 30.1 Å². The lowest BCUT2D eigenvalue weighted by molar-refractivity contribution is 0.399. The molecule has 1 saturated carbocycles. The molecular weight excluding hydrogens is 455 g/mol. The maximum absolute atomic E-state index is 14.4. The Morgan fingerprint density at radius 3 is 2.59 bits per heavy atom. The predicted molar refractivity (Wildman–Crippen MR) is 123 cm³/mol. The van der Waals surface area contributed by atoms with E-state index >= 15 is 0 Å². The van der Waals surface area contributed by atoms with Crippen molar-refractivity contribution in [3.05, 3.63) is 72.1 Å². The average Bonchev–Trinajstić information content (AvgIpc) is 3.25. The highest BCUT2D eigenvalue weighted by Crippen LogP contribution is 2.42. The Hall–Kier alpha value is -3.79. The van der Waals surface area contributed by atoms with E-state index in [9.17, 15) is 4.39 Å². The lowest BCUT2D eigenvalue weighted by atomic mass is 10.1. The highest BCUT2D eigenvalue weighted by Gasteiger charge is 2.31. The molecule has 34 heavy (non-hydrogen) atoms. The Labute approximate surface area is 198 Å². The van der Waals surface area contributed by atoms with Crippen LogP contribution < -0.4 is 0 Å². The number of halogens is 1. The lowest BCUT2D eigenvalue weighted by Crippen LogP contribution is -2.01. The number of rotatable bonds is 7. The van der Waals surface area contributed by atoms with E-state index in [1.165, 1.54) is 17.8 Å². The molecule has 0 atom stereocenters. The van der Waals surface area contributed by atoms with E-state index in [2.05, 4.69) is 25.6 Å². The van der Waals surface area contributed by atoms with Crippen LogP contribution in [0.5, 0.6) is 0 Å². The second-order valence-electron chi connectivity index (χ2n) is 8.01. The largest absolute Gasteiger partial charge is 0.420 e. The van der Waals surface area contributed by atoms with Gasteiger partial charge in [-0.2, -0.15) is 0 Å². The normalized spacial score (nSPS) is 13.5. The third-order valence-corrected chi connectivity index (χ3v) is 6.53. The van der Waals surface area contributed by atoms with Gasteiger partial charge in [-0.1, -0.05) is 59.4 Å². The Morgan fingerprint density at radius 1 is 1.00 bits per heavy atom. The van der Waals surface area contributed by atoms with Gasteiger partial charge < -0.3 is 8.94 Å².